The molecule has 0 radical (unpaired) electrons. The fraction of sp³-hybridized carbons (Fsp3) is 0.0333. The van der Waals surface area contributed by atoms with Gasteiger partial charge in [-0.25, -0.2) is 9.97 Å². The first-order chi connectivity index (χ1) is 32.7. The van der Waals surface area contributed by atoms with E-state index < -0.39 is 0 Å². The third kappa shape index (κ3) is 5.55. The van der Waals surface area contributed by atoms with Crippen molar-refractivity contribution >= 4 is 32.8 Å². The standard InChI is InChI=1S/C60H36N6/c1-3-13-43-41(11-1)47-16-5-15-46-40(21-23-50(43)56(46)47)39-29-52(45-22-24-51-44-14-4-2-12-42(44)48-17-6-18-49(45)57(48)51)59-53(30-39)58(37-19-25-54(63-33-37)35-9-7-27-61-31-35)65-60(66-59)38-20-26-55(64-34-38)36-10-8-28-62-32-36/h1-34,51,57H. The summed E-state index contributed by atoms with van der Waals surface area (Å²) in [6.45, 7) is 0. The summed E-state index contributed by atoms with van der Waals surface area (Å²) < 4.78 is 0. The Hall–Kier alpha value is -8.74. The number of nitrogens with zero attached hydrogens (tertiary/aromatic N) is 6. The van der Waals surface area contributed by atoms with Crippen molar-refractivity contribution in [3.63, 3.8) is 0 Å². The summed E-state index contributed by atoms with van der Waals surface area (Å²) in [5.41, 5.74) is 22.0. The molecule has 5 aromatic carbocycles. The van der Waals surface area contributed by atoms with E-state index in [1.807, 2.05) is 55.1 Å². The molecule has 0 saturated carbocycles. The molecule has 6 nitrogen and oxygen atoms in total. The molecular weight excluding hydrogens is 805 g/mol. The molecule has 0 bridgehead atoms. The molecule has 0 fully saturated rings. The predicted octanol–water partition coefficient (Wildman–Crippen LogP) is 14.0. The van der Waals surface area contributed by atoms with E-state index in [0.29, 0.717) is 5.82 Å². The van der Waals surface area contributed by atoms with Gasteiger partial charge in [-0.3, -0.25) is 19.9 Å². The maximum Gasteiger partial charge on any atom is 0.162 e. The van der Waals surface area contributed by atoms with Crippen molar-refractivity contribution in [2.75, 3.05) is 0 Å². The van der Waals surface area contributed by atoms with E-state index in [9.17, 15) is 0 Å². The Morgan fingerprint density at radius 3 is 1.88 bits per heavy atom. The van der Waals surface area contributed by atoms with Gasteiger partial charge in [0.1, 0.15) is 0 Å². The van der Waals surface area contributed by atoms with E-state index in [0.717, 1.165) is 66.9 Å². The fourth-order valence-electron chi connectivity index (χ4n) is 11.0. The van der Waals surface area contributed by atoms with Gasteiger partial charge in [-0.05, 0) is 133 Å². The maximum atomic E-state index is 5.57. The molecule has 66 heavy (non-hydrogen) atoms. The van der Waals surface area contributed by atoms with Gasteiger partial charge in [0, 0.05) is 82.2 Å². The molecule has 2 unspecified atom stereocenters. The minimum Gasteiger partial charge on any atom is -0.264 e. The first-order valence-corrected chi connectivity index (χ1v) is 22.4. The lowest BCUT2D eigenvalue weighted by atomic mass is 9.74. The Morgan fingerprint density at radius 2 is 1.15 bits per heavy atom. The van der Waals surface area contributed by atoms with Crippen LogP contribution in [-0.2, 0) is 0 Å². The molecule has 6 heteroatoms. The molecule has 4 aliphatic rings. The number of pyridine rings is 4. The number of aromatic nitrogens is 6. The second-order valence-corrected chi connectivity index (χ2v) is 17.4. The topological polar surface area (TPSA) is 77.3 Å². The third-order valence-corrected chi connectivity index (χ3v) is 13.9. The smallest absolute Gasteiger partial charge is 0.162 e. The summed E-state index contributed by atoms with van der Waals surface area (Å²) in [6.07, 6.45) is 22.7. The number of rotatable bonds is 6. The van der Waals surface area contributed by atoms with Crippen molar-refractivity contribution in [3.8, 4) is 78.5 Å². The van der Waals surface area contributed by atoms with Crippen molar-refractivity contribution in [1.82, 2.24) is 29.9 Å². The highest BCUT2D eigenvalue weighted by Gasteiger charge is 2.40. The number of hydrogen-bond acceptors (Lipinski definition) is 6. The van der Waals surface area contributed by atoms with Crippen LogP contribution < -0.4 is 0 Å². The van der Waals surface area contributed by atoms with E-state index in [4.69, 9.17) is 19.9 Å². The van der Waals surface area contributed by atoms with Crippen LogP contribution in [0.4, 0.5) is 0 Å². The second kappa shape index (κ2) is 14.4. The van der Waals surface area contributed by atoms with Crippen molar-refractivity contribution in [2.24, 2.45) is 5.92 Å². The first-order valence-electron chi connectivity index (χ1n) is 22.4. The molecule has 0 N–H and O–H groups in total. The summed E-state index contributed by atoms with van der Waals surface area (Å²) >= 11 is 0. The highest BCUT2D eigenvalue weighted by molar-refractivity contribution is 6.19. The first kappa shape index (κ1) is 36.7. The summed E-state index contributed by atoms with van der Waals surface area (Å²) in [5, 5.41) is 3.46. The molecule has 10 aromatic rings. The lowest BCUT2D eigenvalue weighted by Gasteiger charge is -2.29. The number of hydrogen-bond donors (Lipinski definition) is 0. The van der Waals surface area contributed by atoms with Gasteiger partial charge < -0.3 is 0 Å². The summed E-state index contributed by atoms with van der Waals surface area (Å²) in [5.74, 6) is 1.06. The Labute approximate surface area is 380 Å². The normalized spacial score (nSPS) is 16.1. The average Bonchev–Trinajstić information content (AvgIpc) is 3.90. The lowest BCUT2D eigenvalue weighted by molar-refractivity contribution is 0.725. The van der Waals surface area contributed by atoms with E-state index in [1.54, 1.807) is 12.4 Å². The zero-order valence-corrected chi connectivity index (χ0v) is 35.5. The van der Waals surface area contributed by atoms with Crippen LogP contribution in [0.2, 0.25) is 0 Å². The second-order valence-electron chi connectivity index (χ2n) is 17.4. The van der Waals surface area contributed by atoms with E-state index >= 15 is 0 Å². The van der Waals surface area contributed by atoms with Gasteiger partial charge in [-0.15, -0.1) is 0 Å². The largest absolute Gasteiger partial charge is 0.264 e. The van der Waals surface area contributed by atoms with Crippen molar-refractivity contribution in [2.45, 2.75) is 5.92 Å². The molecule has 14 rings (SSSR count). The van der Waals surface area contributed by atoms with Gasteiger partial charge in [0.15, 0.2) is 5.82 Å². The summed E-state index contributed by atoms with van der Waals surface area (Å²) in [4.78, 5) is 29.6. The number of fused-ring (bicyclic) bond motifs is 7. The molecule has 0 spiro atoms. The van der Waals surface area contributed by atoms with Crippen LogP contribution in [0.1, 0.15) is 22.6 Å². The molecule has 4 aliphatic carbocycles. The highest BCUT2D eigenvalue weighted by Crippen LogP contribution is 2.56. The van der Waals surface area contributed by atoms with E-state index in [1.165, 1.54) is 60.9 Å². The molecule has 0 saturated heterocycles. The number of allylic oxidation sites excluding steroid dienone is 8. The Kier molecular flexibility index (Phi) is 8.01. The number of benzene rings is 5. The van der Waals surface area contributed by atoms with Crippen LogP contribution in [-0.4, -0.2) is 29.9 Å². The molecular formula is C60H36N6. The summed E-state index contributed by atoms with van der Waals surface area (Å²) in [7, 11) is 0. The fourth-order valence-corrected chi connectivity index (χ4v) is 11.0. The van der Waals surface area contributed by atoms with Crippen LogP contribution in [0.5, 0.6) is 0 Å². The van der Waals surface area contributed by atoms with Gasteiger partial charge in [-0.1, -0.05) is 109 Å². The maximum absolute atomic E-state index is 5.57. The summed E-state index contributed by atoms with van der Waals surface area (Å²) in [6, 6.07) is 49.9. The van der Waals surface area contributed by atoms with Crippen molar-refractivity contribution < 1.29 is 0 Å². The molecule has 306 valence electrons. The molecule has 0 amide bonds. The van der Waals surface area contributed by atoms with Gasteiger partial charge in [-0.2, -0.15) is 0 Å². The van der Waals surface area contributed by atoms with Crippen molar-refractivity contribution in [3.05, 3.63) is 229 Å². The van der Waals surface area contributed by atoms with Gasteiger partial charge in [0.05, 0.1) is 22.6 Å². The van der Waals surface area contributed by atoms with E-state index in [2.05, 4.69) is 150 Å². The predicted molar refractivity (Wildman–Crippen MR) is 266 cm³/mol. The van der Waals surface area contributed by atoms with Crippen molar-refractivity contribution in [1.29, 1.82) is 0 Å². The highest BCUT2D eigenvalue weighted by atomic mass is 14.9. The van der Waals surface area contributed by atoms with Crippen LogP contribution in [0.15, 0.2) is 213 Å². The Bertz CT molecular complexity index is 3760. The monoisotopic (exact) mass is 840 g/mol. The zero-order valence-electron chi connectivity index (χ0n) is 35.5. The molecule has 5 aromatic heterocycles. The van der Waals surface area contributed by atoms with Gasteiger partial charge in [0.25, 0.3) is 0 Å². The zero-order chi connectivity index (χ0) is 43.3. The molecule has 2 atom stereocenters. The van der Waals surface area contributed by atoms with E-state index in [-0.39, 0.29) is 11.8 Å². The third-order valence-electron chi connectivity index (χ3n) is 13.9. The quantitative estimate of drug-likeness (QED) is 0.166. The average molecular weight is 841 g/mol. The van der Waals surface area contributed by atoms with Crippen LogP contribution >= 0.6 is 0 Å². The Balaban J connectivity index is 1.04. The minimum atomic E-state index is 0.204. The lowest BCUT2D eigenvalue weighted by Crippen LogP contribution is -2.14. The molecule has 0 aliphatic heterocycles. The minimum absolute atomic E-state index is 0.204. The van der Waals surface area contributed by atoms with Gasteiger partial charge >= 0.3 is 0 Å². The Morgan fingerprint density at radius 1 is 0.455 bits per heavy atom. The van der Waals surface area contributed by atoms with Crippen LogP contribution in [0.25, 0.3) is 111 Å². The van der Waals surface area contributed by atoms with Crippen LogP contribution in [0, 0.1) is 5.92 Å². The molecule has 5 heterocycles. The SMILES string of the molecule is C1=CC2=C(c3cc(-c4ccc5c6c(cccc46)-c4ccccc4-5)cc4c(-c5ccc(-c6cccnc6)nc5)nc(-c5ccc(-c6cccnc6)nc5)nc34)C=CC3c4ccccc4C(=C1)C23. The van der Waals surface area contributed by atoms with Crippen LogP contribution in [0.3, 0.4) is 0 Å². The van der Waals surface area contributed by atoms with Gasteiger partial charge in [0.2, 0.25) is 0 Å².